The molecule has 0 aliphatic heterocycles. The molecule has 4 N–H and O–H groups in total. The molecule has 1 atom stereocenters. The van der Waals surface area contributed by atoms with Gasteiger partial charge in [0.25, 0.3) is 5.91 Å². The molecule has 21 heavy (non-hydrogen) atoms. The highest BCUT2D eigenvalue weighted by Gasteiger charge is 2.11. The van der Waals surface area contributed by atoms with Crippen molar-refractivity contribution in [3.05, 3.63) is 34.3 Å². The second kappa shape index (κ2) is 9.49. The van der Waals surface area contributed by atoms with E-state index in [-0.39, 0.29) is 24.3 Å². The Morgan fingerprint density at radius 1 is 1.24 bits per heavy atom. The first-order valence-corrected chi connectivity index (χ1v) is 7.39. The van der Waals surface area contributed by atoms with Crippen LogP contribution >= 0.6 is 15.9 Å². The highest BCUT2D eigenvalue weighted by Crippen LogP contribution is 2.10. The van der Waals surface area contributed by atoms with Crippen LogP contribution in [0.4, 0.5) is 0 Å². The van der Waals surface area contributed by atoms with Crippen LogP contribution in [0.1, 0.15) is 16.8 Å². The number of nitrogens with two attached hydrogens (primary N) is 1. The molecule has 116 valence electrons. The standard InChI is InChI=1S/C14H20BrN3O3/c1-21-12(9-16)8-13(19)17-6-7-18-14(20)10-2-4-11(15)5-3-10/h2-5,12H,6-9,16H2,1H3,(H,17,19)(H,18,20). The lowest BCUT2D eigenvalue weighted by Gasteiger charge is -2.12. The summed E-state index contributed by atoms with van der Waals surface area (Å²) < 4.78 is 5.94. The van der Waals surface area contributed by atoms with Gasteiger partial charge in [-0.15, -0.1) is 0 Å². The van der Waals surface area contributed by atoms with Gasteiger partial charge in [-0.05, 0) is 24.3 Å². The Kier molecular flexibility index (Phi) is 7.96. The van der Waals surface area contributed by atoms with Crippen LogP contribution in [0.2, 0.25) is 0 Å². The number of benzene rings is 1. The van der Waals surface area contributed by atoms with Gasteiger partial charge in [0, 0.05) is 36.8 Å². The van der Waals surface area contributed by atoms with Gasteiger partial charge in [0.2, 0.25) is 5.91 Å². The summed E-state index contributed by atoms with van der Waals surface area (Å²) in [5, 5.41) is 5.43. The van der Waals surface area contributed by atoms with E-state index in [1.807, 2.05) is 0 Å². The Morgan fingerprint density at radius 3 is 2.43 bits per heavy atom. The second-order valence-electron chi connectivity index (χ2n) is 4.41. The molecule has 7 heteroatoms. The van der Waals surface area contributed by atoms with Crippen molar-refractivity contribution in [2.24, 2.45) is 5.73 Å². The van der Waals surface area contributed by atoms with Gasteiger partial charge in [0.15, 0.2) is 0 Å². The third-order valence-corrected chi connectivity index (χ3v) is 3.38. The van der Waals surface area contributed by atoms with E-state index in [0.717, 1.165) is 4.47 Å². The first-order valence-electron chi connectivity index (χ1n) is 6.60. The van der Waals surface area contributed by atoms with Gasteiger partial charge in [0.1, 0.15) is 0 Å². The van der Waals surface area contributed by atoms with Crippen LogP contribution in [0.15, 0.2) is 28.7 Å². The van der Waals surface area contributed by atoms with E-state index in [4.69, 9.17) is 10.5 Å². The SMILES string of the molecule is COC(CN)CC(=O)NCCNC(=O)c1ccc(Br)cc1. The average molecular weight is 358 g/mol. The monoisotopic (exact) mass is 357 g/mol. The molecule has 1 aromatic carbocycles. The molecule has 0 aliphatic rings. The van der Waals surface area contributed by atoms with E-state index < -0.39 is 0 Å². The van der Waals surface area contributed by atoms with Gasteiger partial charge < -0.3 is 21.1 Å². The first-order chi connectivity index (χ1) is 10.1. The zero-order valence-corrected chi connectivity index (χ0v) is 13.5. The van der Waals surface area contributed by atoms with Crippen LogP contribution in [0, 0.1) is 0 Å². The highest BCUT2D eigenvalue weighted by molar-refractivity contribution is 9.10. The van der Waals surface area contributed by atoms with Crippen LogP contribution in [-0.4, -0.2) is 44.7 Å². The number of nitrogens with one attached hydrogen (secondary N) is 2. The van der Waals surface area contributed by atoms with Crippen LogP contribution in [-0.2, 0) is 9.53 Å². The van der Waals surface area contributed by atoms with Crippen molar-refractivity contribution in [2.75, 3.05) is 26.7 Å². The molecule has 0 aliphatic carbocycles. The van der Waals surface area contributed by atoms with E-state index in [1.165, 1.54) is 7.11 Å². The van der Waals surface area contributed by atoms with Crippen molar-refractivity contribution in [1.82, 2.24) is 10.6 Å². The molecule has 0 saturated heterocycles. The van der Waals surface area contributed by atoms with Crippen LogP contribution in [0.5, 0.6) is 0 Å². The van der Waals surface area contributed by atoms with Crippen LogP contribution in [0.25, 0.3) is 0 Å². The number of halogens is 1. The number of hydrogen-bond acceptors (Lipinski definition) is 4. The van der Waals surface area contributed by atoms with E-state index in [0.29, 0.717) is 25.2 Å². The molecule has 1 rings (SSSR count). The molecular weight excluding hydrogens is 338 g/mol. The number of ether oxygens (including phenoxy) is 1. The minimum absolute atomic E-state index is 0.148. The predicted molar refractivity (Wildman–Crippen MR) is 84.0 cm³/mol. The highest BCUT2D eigenvalue weighted by atomic mass is 79.9. The molecule has 0 spiro atoms. The summed E-state index contributed by atoms with van der Waals surface area (Å²) in [5.41, 5.74) is 6.01. The second-order valence-corrected chi connectivity index (χ2v) is 5.33. The predicted octanol–water partition coefficient (Wildman–Crippen LogP) is 0.659. The minimum atomic E-state index is -0.276. The van der Waals surface area contributed by atoms with E-state index in [1.54, 1.807) is 24.3 Å². The van der Waals surface area contributed by atoms with Gasteiger partial charge in [-0.25, -0.2) is 0 Å². The van der Waals surface area contributed by atoms with Gasteiger partial charge in [0.05, 0.1) is 12.5 Å². The fourth-order valence-corrected chi connectivity index (χ4v) is 1.89. The molecule has 0 heterocycles. The van der Waals surface area contributed by atoms with E-state index >= 15 is 0 Å². The third-order valence-electron chi connectivity index (χ3n) is 2.85. The smallest absolute Gasteiger partial charge is 0.251 e. The summed E-state index contributed by atoms with van der Waals surface area (Å²) in [4.78, 5) is 23.4. The molecule has 0 fully saturated rings. The van der Waals surface area contributed by atoms with Gasteiger partial charge in [-0.1, -0.05) is 15.9 Å². The maximum absolute atomic E-state index is 11.8. The minimum Gasteiger partial charge on any atom is -0.380 e. The topological polar surface area (TPSA) is 93.4 Å². The number of carbonyl (C=O) groups excluding carboxylic acids is 2. The van der Waals surface area contributed by atoms with Gasteiger partial charge >= 0.3 is 0 Å². The zero-order valence-electron chi connectivity index (χ0n) is 11.9. The Balaban J connectivity index is 2.23. The Morgan fingerprint density at radius 2 is 1.86 bits per heavy atom. The van der Waals surface area contributed by atoms with Crippen LogP contribution in [0.3, 0.4) is 0 Å². The number of amides is 2. The lowest BCUT2D eigenvalue weighted by atomic mass is 10.2. The van der Waals surface area contributed by atoms with Crippen molar-refractivity contribution in [3.8, 4) is 0 Å². The average Bonchev–Trinajstić information content (AvgIpc) is 2.49. The molecular formula is C14H20BrN3O3. The van der Waals surface area contributed by atoms with E-state index in [2.05, 4.69) is 26.6 Å². The number of rotatable bonds is 8. The lowest BCUT2D eigenvalue weighted by Crippen LogP contribution is -2.37. The molecule has 0 aromatic heterocycles. The largest absolute Gasteiger partial charge is 0.380 e. The zero-order chi connectivity index (χ0) is 15.7. The fraction of sp³-hybridized carbons (Fsp3) is 0.429. The summed E-state index contributed by atoms with van der Waals surface area (Å²) >= 11 is 3.31. The van der Waals surface area contributed by atoms with Gasteiger partial charge in [-0.3, -0.25) is 9.59 Å². The van der Waals surface area contributed by atoms with Gasteiger partial charge in [-0.2, -0.15) is 0 Å². The Bertz CT molecular complexity index is 461. The van der Waals surface area contributed by atoms with Crippen molar-refractivity contribution in [3.63, 3.8) is 0 Å². The molecule has 2 amide bonds. The normalized spacial score (nSPS) is 11.8. The van der Waals surface area contributed by atoms with Crippen molar-refractivity contribution in [2.45, 2.75) is 12.5 Å². The van der Waals surface area contributed by atoms with Crippen molar-refractivity contribution in [1.29, 1.82) is 0 Å². The molecule has 6 nitrogen and oxygen atoms in total. The Hall–Kier alpha value is -1.44. The summed E-state index contributed by atoms with van der Waals surface area (Å²) in [6.45, 7) is 1.02. The number of methoxy groups -OCH3 is 1. The molecule has 0 saturated carbocycles. The summed E-state index contributed by atoms with van der Waals surface area (Å²) in [5.74, 6) is -0.321. The number of hydrogen-bond donors (Lipinski definition) is 3. The molecule has 1 aromatic rings. The third kappa shape index (κ3) is 6.70. The fourth-order valence-electron chi connectivity index (χ4n) is 1.62. The molecule has 1 unspecified atom stereocenters. The van der Waals surface area contributed by atoms with Crippen molar-refractivity contribution >= 4 is 27.7 Å². The first kappa shape index (κ1) is 17.6. The maximum Gasteiger partial charge on any atom is 0.251 e. The van der Waals surface area contributed by atoms with Crippen molar-refractivity contribution < 1.29 is 14.3 Å². The maximum atomic E-state index is 11.8. The number of carbonyl (C=O) groups is 2. The summed E-state index contributed by atoms with van der Waals surface area (Å²) in [7, 11) is 1.52. The molecule has 0 radical (unpaired) electrons. The van der Waals surface area contributed by atoms with E-state index in [9.17, 15) is 9.59 Å². The Labute approximate surface area is 132 Å². The quantitative estimate of drug-likeness (QED) is 0.595. The molecule has 0 bridgehead atoms. The lowest BCUT2D eigenvalue weighted by molar-refractivity contribution is -0.123. The summed E-state index contributed by atoms with van der Waals surface area (Å²) in [6.07, 6.45) is -0.0597. The summed E-state index contributed by atoms with van der Waals surface area (Å²) in [6, 6.07) is 7.05. The van der Waals surface area contributed by atoms with Crippen LogP contribution < -0.4 is 16.4 Å².